The largest absolute Gasteiger partial charge is 0.497 e. The van der Waals surface area contributed by atoms with Crippen molar-refractivity contribution < 1.29 is 9.53 Å². The van der Waals surface area contributed by atoms with Crippen LogP contribution in [0.4, 0.5) is 10.5 Å². The van der Waals surface area contributed by atoms with Crippen LogP contribution in [0.15, 0.2) is 47.3 Å². The topological polar surface area (TPSA) is 77.6 Å². The quantitative estimate of drug-likeness (QED) is 0.863. The highest BCUT2D eigenvalue weighted by molar-refractivity contribution is 6.09. The number of nitrogens with two attached hydrogens (primary N) is 1. The summed E-state index contributed by atoms with van der Waals surface area (Å²) in [7, 11) is 1.61. The van der Waals surface area contributed by atoms with Crippen LogP contribution < -0.4 is 15.1 Å². The lowest BCUT2D eigenvalue weighted by molar-refractivity contribution is 0.227. The molecule has 2 amide bonds. The van der Waals surface area contributed by atoms with E-state index < -0.39 is 6.03 Å². The standard InChI is InChI=1S/C18H16N4O2/c1-24-13-6-7-16-14(10-13)17(8-9-20-16)22(18(19)23)11-12-4-2-3-5-15(12)21-22/h6-11H,3-5H2,1H3,(H-,19,23)/p+1. The molecular formula is C18H17N4O2+. The maximum Gasteiger partial charge on any atom is 0.450 e. The van der Waals surface area contributed by atoms with E-state index >= 15 is 0 Å². The minimum atomic E-state index is -0.542. The summed E-state index contributed by atoms with van der Waals surface area (Å²) in [5.41, 5.74) is 9.19. The predicted molar refractivity (Wildman–Crippen MR) is 92.3 cm³/mol. The van der Waals surface area contributed by atoms with Gasteiger partial charge in [-0.05, 0) is 43.9 Å². The van der Waals surface area contributed by atoms with E-state index in [-0.39, 0.29) is 4.59 Å². The van der Waals surface area contributed by atoms with Gasteiger partial charge in [0, 0.05) is 17.8 Å². The van der Waals surface area contributed by atoms with Crippen LogP contribution in [0.5, 0.6) is 5.75 Å². The molecule has 2 radical (unpaired) electrons. The zero-order valence-electron chi connectivity index (χ0n) is 13.3. The van der Waals surface area contributed by atoms with E-state index in [0.717, 1.165) is 35.0 Å². The molecule has 1 fully saturated rings. The number of ether oxygens (including phenoxy) is 1. The summed E-state index contributed by atoms with van der Waals surface area (Å²) in [5.74, 6) is 0.693. The number of pyridine rings is 1. The molecule has 1 aliphatic heterocycles. The fraction of sp³-hybridized carbons (Fsp3) is 0.222. The van der Waals surface area contributed by atoms with Crippen LogP contribution in [-0.2, 0) is 0 Å². The molecule has 1 aliphatic carbocycles. The first-order valence-electron chi connectivity index (χ1n) is 7.78. The zero-order chi connectivity index (χ0) is 16.7. The summed E-state index contributed by atoms with van der Waals surface area (Å²) in [6.45, 7) is 0. The van der Waals surface area contributed by atoms with Crippen molar-refractivity contribution in [2.45, 2.75) is 19.3 Å². The van der Waals surface area contributed by atoms with Gasteiger partial charge in [0.25, 0.3) is 0 Å². The molecule has 1 atom stereocenters. The van der Waals surface area contributed by atoms with Crippen LogP contribution in [-0.4, -0.2) is 23.8 Å². The number of carbonyl (C=O) groups is 1. The molecule has 1 aromatic heterocycles. The van der Waals surface area contributed by atoms with E-state index in [4.69, 9.17) is 15.6 Å². The number of nitrogens with zero attached hydrogens (tertiary/aromatic N) is 3. The van der Waals surface area contributed by atoms with Crippen molar-refractivity contribution in [3.63, 3.8) is 0 Å². The van der Waals surface area contributed by atoms with Gasteiger partial charge < -0.3 is 10.5 Å². The smallest absolute Gasteiger partial charge is 0.450 e. The number of amides is 2. The average molecular weight is 321 g/mol. The van der Waals surface area contributed by atoms with E-state index in [1.807, 2.05) is 24.4 Å². The first-order valence-corrected chi connectivity index (χ1v) is 7.78. The highest BCUT2D eigenvalue weighted by Crippen LogP contribution is 2.39. The number of urea groups is 1. The molecule has 6 heteroatoms. The first kappa shape index (κ1) is 14.8. The Bertz CT molecular complexity index is 879. The van der Waals surface area contributed by atoms with Gasteiger partial charge in [0.15, 0.2) is 5.69 Å². The van der Waals surface area contributed by atoms with E-state index in [1.165, 1.54) is 0 Å². The molecule has 1 unspecified atom stereocenters. The number of quaternary nitrogens is 1. The van der Waals surface area contributed by atoms with Crippen LogP contribution in [0.25, 0.3) is 10.9 Å². The maximum atomic E-state index is 12.4. The second kappa shape index (κ2) is 5.42. The molecule has 1 aromatic carbocycles. The number of carbonyl (C=O) groups excluding carboxylic acids is 1. The Balaban J connectivity index is 1.99. The maximum absolute atomic E-state index is 12.4. The van der Waals surface area contributed by atoms with Crippen LogP contribution in [0.3, 0.4) is 0 Å². The number of benzene rings is 1. The predicted octanol–water partition coefficient (Wildman–Crippen LogP) is 3.15. The average Bonchev–Trinajstić information content (AvgIpc) is 3.01. The highest BCUT2D eigenvalue weighted by Gasteiger charge is 2.45. The van der Waals surface area contributed by atoms with Gasteiger partial charge in [-0.25, -0.2) is 4.79 Å². The second-order valence-electron chi connectivity index (χ2n) is 5.86. The van der Waals surface area contributed by atoms with E-state index in [1.54, 1.807) is 19.4 Å². The molecule has 2 N–H and O–H groups in total. The summed E-state index contributed by atoms with van der Waals surface area (Å²) in [4.78, 5) is 16.8. The lowest BCUT2D eigenvalue weighted by Gasteiger charge is -2.21. The number of hydrogen-bond acceptors (Lipinski definition) is 4. The fourth-order valence-electron chi connectivity index (χ4n) is 3.26. The number of primary amides is 1. The minimum absolute atomic E-state index is 0.363. The summed E-state index contributed by atoms with van der Waals surface area (Å²) in [6.07, 6.45) is 9.12. The van der Waals surface area contributed by atoms with Gasteiger partial charge in [-0.2, -0.15) is 0 Å². The van der Waals surface area contributed by atoms with Gasteiger partial charge >= 0.3 is 6.03 Å². The summed E-state index contributed by atoms with van der Waals surface area (Å²) < 4.78 is 4.95. The molecule has 6 nitrogen and oxygen atoms in total. The lowest BCUT2D eigenvalue weighted by Crippen LogP contribution is -2.47. The SMILES string of the molecule is COc1ccc2nccc([N+]3(C(N)=O)C=C4C[C]CCC4=N3)c2c1. The van der Waals surface area contributed by atoms with Crippen LogP contribution in [0.2, 0.25) is 0 Å². The van der Waals surface area contributed by atoms with Crippen molar-refractivity contribution in [2.75, 3.05) is 7.11 Å². The number of methoxy groups -OCH3 is 1. The van der Waals surface area contributed by atoms with Gasteiger partial charge in [0.2, 0.25) is 0 Å². The van der Waals surface area contributed by atoms with Crippen molar-refractivity contribution in [2.24, 2.45) is 10.8 Å². The van der Waals surface area contributed by atoms with E-state index in [9.17, 15) is 4.79 Å². The molecule has 1 saturated carbocycles. The Kier molecular flexibility index (Phi) is 3.35. The Labute approximate surface area is 139 Å². The molecule has 0 bridgehead atoms. The van der Waals surface area contributed by atoms with Crippen LogP contribution in [0, 0.1) is 6.42 Å². The van der Waals surface area contributed by atoms with E-state index in [0.29, 0.717) is 17.9 Å². The Hall–Kier alpha value is -2.73. The normalized spacial score (nSPS) is 22.7. The fourth-order valence-corrected chi connectivity index (χ4v) is 3.26. The molecule has 24 heavy (non-hydrogen) atoms. The van der Waals surface area contributed by atoms with Crippen molar-refractivity contribution >= 4 is 28.3 Å². The van der Waals surface area contributed by atoms with Gasteiger partial charge in [-0.15, -0.1) is 0 Å². The third-order valence-corrected chi connectivity index (χ3v) is 4.47. The number of allylic oxidation sites excluding steroid dienone is 1. The third-order valence-electron chi connectivity index (χ3n) is 4.47. The molecule has 120 valence electrons. The van der Waals surface area contributed by atoms with Crippen molar-refractivity contribution in [3.8, 4) is 5.75 Å². The molecule has 4 rings (SSSR count). The van der Waals surface area contributed by atoms with E-state index in [2.05, 4.69) is 11.4 Å². The lowest BCUT2D eigenvalue weighted by atomic mass is 9.94. The molecule has 2 heterocycles. The Morgan fingerprint density at radius 2 is 2.25 bits per heavy atom. The summed E-state index contributed by atoms with van der Waals surface area (Å²) in [6, 6.07) is 6.81. The van der Waals surface area contributed by atoms with Gasteiger partial charge in [0.1, 0.15) is 17.7 Å². The summed E-state index contributed by atoms with van der Waals surface area (Å²) in [5, 5.41) is 5.49. The van der Waals surface area contributed by atoms with Gasteiger partial charge in [-0.1, -0.05) is 9.69 Å². The molecule has 0 spiro atoms. The second-order valence-corrected chi connectivity index (χ2v) is 5.86. The highest BCUT2D eigenvalue weighted by atomic mass is 16.5. The van der Waals surface area contributed by atoms with Crippen LogP contribution in [0.1, 0.15) is 19.3 Å². The number of fused-ring (bicyclic) bond motifs is 2. The molecular weight excluding hydrogens is 304 g/mol. The minimum Gasteiger partial charge on any atom is -0.497 e. The molecule has 0 saturated heterocycles. The van der Waals surface area contributed by atoms with Crippen molar-refractivity contribution in [3.05, 3.63) is 48.7 Å². The monoisotopic (exact) mass is 321 g/mol. The zero-order valence-corrected chi connectivity index (χ0v) is 13.3. The van der Waals surface area contributed by atoms with Crippen LogP contribution >= 0.6 is 0 Å². The first-order chi connectivity index (χ1) is 11.6. The Morgan fingerprint density at radius 3 is 3.00 bits per heavy atom. The van der Waals surface area contributed by atoms with Crippen molar-refractivity contribution in [1.82, 2.24) is 9.58 Å². The Morgan fingerprint density at radius 1 is 1.38 bits per heavy atom. The third kappa shape index (κ3) is 2.11. The molecule has 2 aromatic rings. The molecule has 2 aliphatic rings. The number of rotatable bonds is 2. The van der Waals surface area contributed by atoms with Gasteiger partial charge in [0.05, 0.1) is 18.0 Å². The van der Waals surface area contributed by atoms with Crippen molar-refractivity contribution in [1.29, 1.82) is 0 Å². The summed E-state index contributed by atoms with van der Waals surface area (Å²) >= 11 is 0. The number of aromatic nitrogens is 1. The number of hydrogen-bond donors (Lipinski definition) is 1. The van der Waals surface area contributed by atoms with Gasteiger partial charge in [-0.3, -0.25) is 4.98 Å².